The summed E-state index contributed by atoms with van der Waals surface area (Å²) in [5.74, 6) is -0.423. The van der Waals surface area contributed by atoms with Gasteiger partial charge in [0, 0.05) is 10.6 Å². The Morgan fingerprint density at radius 2 is 1.81 bits per heavy atom. The van der Waals surface area contributed by atoms with Gasteiger partial charge in [0.15, 0.2) is 0 Å². The number of halogens is 2. The smallest absolute Gasteiger partial charge is 0.288 e. The Labute approximate surface area is 166 Å². The fourth-order valence-electron chi connectivity index (χ4n) is 3.02. The molecule has 2 amide bonds. The van der Waals surface area contributed by atoms with Crippen molar-refractivity contribution in [2.24, 2.45) is 0 Å². The summed E-state index contributed by atoms with van der Waals surface area (Å²) in [6.45, 7) is 2.04. The van der Waals surface area contributed by atoms with E-state index in [1.807, 2.05) is 55.5 Å². The number of fused-ring (bicyclic) bond motifs is 1. The van der Waals surface area contributed by atoms with Gasteiger partial charge in [0.1, 0.15) is 5.82 Å². The minimum absolute atomic E-state index is 0.0598. The second-order valence-corrected chi connectivity index (χ2v) is 7.66. The van der Waals surface area contributed by atoms with Crippen molar-refractivity contribution in [1.82, 2.24) is 0 Å². The number of para-hydroxylation sites is 1. The lowest BCUT2D eigenvalue weighted by atomic mass is 10.1. The maximum Gasteiger partial charge on any atom is 0.339 e. The molecule has 0 N–H and O–H groups in total. The molecule has 136 valence electrons. The zero-order chi connectivity index (χ0) is 19.0. The molecule has 3 aromatic rings. The van der Waals surface area contributed by atoms with Gasteiger partial charge in [-0.25, -0.2) is 13.5 Å². The fourth-order valence-corrected chi connectivity index (χ4v) is 4.25. The van der Waals surface area contributed by atoms with Crippen LogP contribution in [-0.4, -0.2) is 6.03 Å². The number of nitrogens with zero attached hydrogens (tertiary/aromatic N) is 2. The van der Waals surface area contributed by atoms with E-state index in [1.165, 1.54) is 18.0 Å². The van der Waals surface area contributed by atoms with Crippen LogP contribution in [0.3, 0.4) is 0 Å². The number of rotatable bonds is 3. The summed E-state index contributed by atoms with van der Waals surface area (Å²) in [5, 5.41) is 0.306. The Kier molecular flexibility index (Phi) is 4.81. The molecular formula is C21H16ClFN2OS. The molecule has 3 aromatic carbocycles. The third-order valence-electron chi connectivity index (χ3n) is 4.36. The molecule has 1 aliphatic heterocycles. The number of urea groups is 1. The van der Waals surface area contributed by atoms with Gasteiger partial charge in [-0.05, 0) is 60.8 Å². The normalized spacial score (nSPS) is 13.7. The average Bonchev–Trinajstić information content (AvgIpc) is 2.66. The predicted octanol–water partition coefficient (Wildman–Crippen LogP) is 6.44. The van der Waals surface area contributed by atoms with Crippen LogP contribution < -0.4 is 9.21 Å². The monoisotopic (exact) mass is 398 g/mol. The van der Waals surface area contributed by atoms with E-state index in [0.29, 0.717) is 10.6 Å². The summed E-state index contributed by atoms with van der Waals surface area (Å²) in [6, 6.07) is 19.6. The van der Waals surface area contributed by atoms with Gasteiger partial charge in [0.2, 0.25) is 0 Å². The molecule has 0 unspecified atom stereocenters. The van der Waals surface area contributed by atoms with Crippen molar-refractivity contribution in [2.45, 2.75) is 18.4 Å². The van der Waals surface area contributed by atoms with Crippen LogP contribution in [-0.2, 0) is 6.54 Å². The fraction of sp³-hybridized carbons (Fsp3) is 0.0952. The lowest BCUT2D eigenvalue weighted by molar-refractivity contribution is 0.254. The molecule has 0 saturated carbocycles. The van der Waals surface area contributed by atoms with Crippen LogP contribution in [0.15, 0.2) is 71.6 Å². The number of hydrogen-bond donors (Lipinski definition) is 0. The summed E-state index contributed by atoms with van der Waals surface area (Å²) in [4.78, 5) is 15.8. The number of hydrogen-bond acceptors (Lipinski definition) is 2. The summed E-state index contributed by atoms with van der Waals surface area (Å²) < 4.78 is 16.0. The molecule has 0 atom stereocenters. The Bertz CT molecular complexity index is 1010. The number of benzene rings is 3. The van der Waals surface area contributed by atoms with E-state index in [-0.39, 0.29) is 12.6 Å². The number of aryl methyl sites for hydroxylation is 1. The molecule has 6 heteroatoms. The van der Waals surface area contributed by atoms with E-state index in [0.717, 1.165) is 21.8 Å². The van der Waals surface area contributed by atoms with Crippen LogP contribution in [0.2, 0.25) is 5.02 Å². The maximum atomic E-state index is 14.3. The van der Waals surface area contributed by atoms with Gasteiger partial charge in [0.25, 0.3) is 0 Å². The highest BCUT2D eigenvalue weighted by Gasteiger charge is 2.33. The first-order valence-electron chi connectivity index (χ1n) is 8.43. The van der Waals surface area contributed by atoms with Crippen LogP contribution in [0.25, 0.3) is 0 Å². The van der Waals surface area contributed by atoms with E-state index in [1.54, 1.807) is 21.3 Å². The van der Waals surface area contributed by atoms with Gasteiger partial charge in [-0.1, -0.05) is 41.9 Å². The molecule has 4 rings (SSSR count). The first-order chi connectivity index (χ1) is 13.0. The van der Waals surface area contributed by atoms with E-state index in [2.05, 4.69) is 0 Å². The van der Waals surface area contributed by atoms with Crippen LogP contribution >= 0.6 is 23.5 Å². The molecular weight excluding hydrogens is 383 g/mol. The zero-order valence-electron chi connectivity index (χ0n) is 14.5. The van der Waals surface area contributed by atoms with Crippen LogP contribution in [0, 0.1) is 12.7 Å². The number of amides is 2. The summed E-state index contributed by atoms with van der Waals surface area (Å²) in [6.07, 6.45) is 0. The van der Waals surface area contributed by atoms with Crippen LogP contribution in [0.4, 0.5) is 20.6 Å². The third kappa shape index (κ3) is 3.40. The quantitative estimate of drug-likeness (QED) is 0.474. The predicted molar refractivity (Wildman–Crippen MR) is 109 cm³/mol. The van der Waals surface area contributed by atoms with Crippen molar-refractivity contribution < 1.29 is 9.18 Å². The summed E-state index contributed by atoms with van der Waals surface area (Å²) >= 11 is 7.57. The van der Waals surface area contributed by atoms with Gasteiger partial charge in [-0.2, -0.15) is 0 Å². The number of carbonyl (C=O) groups is 1. The lowest BCUT2D eigenvalue weighted by Gasteiger charge is -2.36. The van der Waals surface area contributed by atoms with Crippen molar-refractivity contribution in [3.63, 3.8) is 0 Å². The maximum absolute atomic E-state index is 14.3. The molecule has 0 aliphatic carbocycles. The molecule has 0 saturated heterocycles. The highest BCUT2D eigenvalue weighted by Crippen LogP contribution is 2.42. The van der Waals surface area contributed by atoms with E-state index >= 15 is 0 Å². The van der Waals surface area contributed by atoms with Crippen molar-refractivity contribution in [3.8, 4) is 0 Å². The molecule has 0 bridgehead atoms. The lowest BCUT2D eigenvalue weighted by Crippen LogP contribution is -2.43. The molecule has 0 spiro atoms. The van der Waals surface area contributed by atoms with Gasteiger partial charge < -0.3 is 0 Å². The van der Waals surface area contributed by atoms with Crippen LogP contribution in [0.5, 0.6) is 0 Å². The van der Waals surface area contributed by atoms with Gasteiger partial charge in [-0.3, -0.25) is 4.90 Å². The van der Waals surface area contributed by atoms with Crippen LogP contribution in [0.1, 0.15) is 11.1 Å². The second-order valence-electron chi connectivity index (χ2n) is 6.26. The van der Waals surface area contributed by atoms with E-state index in [4.69, 9.17) is 11.6 Å². The number of anilines is 2. The average molecular weight is 399 g/mol. The molecule has 1 aliphatic rings. The molecule has 3 nitrogen and oxygen atoms in total. The first kappa shape index (κ1) is 17.9. The summed E-state index contributed by atoms with van der Waals surface area (Å²) in [5.41, 5.74) is 2.89. The Morgan fingerprint density at radius 3 is 2.59 bits per heavy atom. The molecule has 0 fully saturated rings. The topological polar surface area (TPSA) is 23.6 Å². The Hall–Kier alpha value is -2.50. The Morgan fingerprint density at radius 1 is 1.04 bits per heavy atom. The number of carbonyl (C=O) groups excluding carboxylic acids is 1. The third-order valence-corrected chi connectivity index (χ3v) is 5.81. The van der Waals surface area contributed by atoms with Crippen molar-refractivity contribution in [2.75, 3.05) is 9.21 Å². The van der Waals surface area contributed by atoms with Crippen molar-refractivity contribution in [1.29, 1.82) is 0 Å². The van der Waals surface area contributed by atoms with E-state index < -0.39 is 5.82 Å². The largest absolute Gasteiger partial charge is 0.339 e. The molecule has 27 heavy (non-hydrogen) atoms. The van der Waals surface area contributed by atoms with Gasteiger partial charge in [-0.15, -0.1) is 0 Å². The Balaban J connectivity index is 1.78. The molecule has 0 aromatic heterocycles. The standard InChI is InChI=1S/C21H16ClFN2OS/c1-14-6-4-7-15(12-14)25-21(26)24(19-10-2-3-11-20(19)27-25)13-16-17(22)8-5-9-18(16)23/h2-12H,13H2,1H3. The van der Waals surface area contributed by atoms with Gasteiger partial charge >= 0.3 is 6.03 Å². The summed E-state index contributed by atoms with van der Waals surface area (Å²) in [7, 11) is 0. The second kappa shape index (κ2) is 7.25. The minimum atomic E-state index is -0.423. The zero-order valence-corrected chi connectivity index (χ0v) is 16.1. The highest BCUT2D eigenvalue weighted by molar-refractivity contribution is 8.01. The van der Waals surface area contributed by atoms with Crippen molar-refractivity contribution in [3.05, 3.63) is 88.7 Å². The van der Waals surface area contributed by atoms with Crippen molar-refractivity contribution >= 4 is 41.0 Å². The molecule has 1 heterocycles. The molecule has 0 radical (unpaired) electrons. The highest BCUT2D eigenvalue weighted by atomic mass is 35.5. The minimum Gasteiger partial charge on any atom is -0.288 e. The SMILES string of the molecule is Cc1cccc(N2Sc3ccccc3N(Cc3c(F)cccc3Cl)C2=O)c1. The van der Waals surface area contributed by atoms with E-state index in [9.17, 15) is 9.18 Å². The van der Waals surface area contributed by atoms with Gasteiger partial charge in [0.05, 0.1) is 22.8 Å². The first-order valence-corrected chi connectivity index (χ1v) is 9.58.